The first-order valence-corrected chi connectivity index (χ1v) is 6.88. The molecule has 0 heterocycles. The van der Waals surface area contributed by atoms with E-state index in [1.165, 1.54) is 13.0 Å². The number of hydrogen-bond donors (Lipinski definition) is 0. The molecule has 0 saturated heterocycles. The van der Waals surface area contributed by atoms with Crippen molar-refractivity contribution in [2.75, 3.05) is 5.75 Å². The topological polar surface area (TPSA) is 17.1 Å². The highest BCUT2D eigenvalue weighted by molar-refractivity contribution is 7.99. The molecule has 1 aromatic carbocycles. The van der Waals surface area contributed by atoms with Crippen LogP contribution < -0.4 is 0 Å². The number of carbonyl (C=O) groups excluding carboxylic acids is 1. The van der Waals surface area contributed by atoms with E-state index < -0.39 is 0 Å². The molecule has 0 saturated carbocycles. The fourth-order valence-corrected chi connectivity index (χ4v) is 2.72. The molecular formula is C14H19FOS. The van der Waals surface area contributed by atoms with Gasteiger partial charge in [0.05, 0.1) is 0 Å². The van der Waals surface area contributed by atoms with E-state index in [-0.39, 0.29) is 11.6 Å². The molecule has 0 aliphatic carbocycles. The number of benzene rings is 1. The number of halogens is 1. The zero-order valence-corrected chi connectivity index (χ0v) is 11.7. The van der Waals surface area contributed by atoms with Crippen molar-refractivity contribution < 1.29 is 9.18 Å². The Morgan fingerprint density at radius 1 is 1.47 bits per heavy atom. The normalized spacial score (nSPS) is 12.5. The maximum Gasteiger partial charge on any atom is 0.161 e. The zero-order valence-electron chi connectivity index (χ0n) is 10.8. The molecule has 1 nitrogen and oxygen atoms in total. The molecule has 1 aromatic rings. The third-order valence-electron chi connectivity index (χ3n) is 2.86. The summed E-state index contributed by atoms with van der Waals surface area (Å²) in [5.41, 5.74) is 1.10. The summed E-state index contributed by atoms with van der Waals surface area (Å²) >= 11 is 1.64. The molecule has 1 rings (SSSR count). The van der Waals surface area contributed by atoms with Gasteiger partial charge in [0.25, 0.3) is 0 Å². The number of Topliss-reactive ketones (excluding diaryl/α,β-unsaturated/α-hetero) is 1. The summed E-state index contributed by atoms with van der Waals surface area (Å²) in [4.78, 5) is 12.4. The highest BCUT2D eigenvalue weighted by Gasteiger charge is 2.12. The van der Waals surface area contributed by atoms with Crippen molar-refractivity contribution >= 4 is 17.5 Å². The smallest absolute Gasteiger partial charge is 0.161 e. The second-order valence-corrected chi connectivity index (χ2v) is 5.54. The predicted molar refractivity (Wildman–Crippen MR) is 71.3 cm³/mol. The number of ketones is 1. The first-order valence-electron chi connectivity index (χ1n) is 5.89. The molecule has 1 atom stereocenters. The van der Waals surface area contributed by atoms with E-state index in [1.54, 1.807) is 24.8 Å². The molecule has 0 aliphatic rings. The van der Waals surface area contributed by atoms with Gasteiger partial charge in [-0.3, -0.25) is 4.79 Å². The second kappa shape index (κ2) is 6.20. The van der Waals surface area contributed by atoms with Crippen molar-refractivity contribution in [2.24, 2.45) is 5.92 Å². The Morgan fingerprint density at radius 2 is 2.12 bits per heavy atom. The van der Waals surface area contributed by atoms with E-state index in [0.29, 0.717) is 17.0 Å². The summed E-state index contributed by atoms with van der Waals surface area (Å²) in [7, 11) is 0. The van der Waals surface area contributed by atoms with Crippen LogP contribution in [0.1, 0.15) is 43.1 Å². The highest BCUT2D eigenvalue weighted by atomic mass is 32.2. The van der Waals surface area contributed by atoms with Gasteiger partial charge < -0.3 is 0 Å². The standard InChI is InChI=1S/C14H19FOS/c1-5-9(2)8-17-14-6-10(3)13(15)7-12(14)11(4)16/h6-7,9H,5,8H2,1-4H3. The summed E-state index contributed by atoms with van der Waals surface area (Å²) in [6, 6.07) is 3.13. The second-order valence-electron chi connectivity index (χ2n) is 4.48. The Hall–Kier alpha value is -0.830. The molecular weight excluding hydrogens is 235 g/mol. The Balaban J connectivity index is 2.96. The van der Waals surface area contributed by atoms with Gasteiger partial charge in [-0.1, -0.05) is 20.3 Å². The molecule has 1 unspecified atom stereocenters. The fraction of sp³-hybridized carbons (Fsp3) is 0.500. The van der Waals surface area contributed by atoms with Gasteiger partial charge in [0.2, 0.25) is 0 Å². The first kappa shape index (κ1) is 14.2. The zero-order chi connectivity index (χ0) is 13.0. The minimum Gasteiger partial charge on any atom is -0.294 e. The number of carbonyl (C=O) groups is 1. The van der Waals surface area contributed by atoms with E-state index in [2.05, 4.69) is 13.8 Å². The summed E-state index contributed by atoms with van der Waals surface area (Å²) in [6.07, 6.45) is 1.11. The SMILES string of the molecule is CCC(C)CSc1cc(C)c(F)cc1C(C)=O. The van der Waals surface area contributed by atoms with E-state index in [1.807, 2.05) is 0 Å². The van der Waals surface area contributed by atoms with Crippen LogP contribution >= 0.6 is 11.8 Å². The van der Waals surface area contributed by atoms with E-state index >= 15 is 0 Å². The molecule has 0 N–H and O–H groups in total. The van der Waals surface area contributed by atoms with Gasteiger partial charge >= 0.3 is 0 Å². The molecule has 0 amide bonds. The van der Waals surface area contributed by atoms with Crippen LogP contribution in [-0.4, -0.2) is 11.5 Å². The molecule has 94 valence electrons. The Bertz CT molecular complexity index is 415. The lowest BCUT2D eigenvalue weighted by atomic mass is 10.1. The van der Waals surface area contributed by atoms with Crippen LogP contribution in [0.25, 0.3) is 0 Å². The van der Waals surface area contributed by atoms with E-state index in [4.69, 9.17) is 0 Å². The number of aryl methyl sites for hydroxylation is 1. The summed E-state index contributed by atoms with van der Waals surface area (Å²) < 4.78 is 13.4. The van der Waals surface area contributed by atoms with E-state index in [0.717, 1.165) is 17.1 Å². The lowest BCUT2D eigenvalue weighted by Gasteiger charge is -2.11. The van der Waals surface area contributed by atoms with E-state index in [9.17, 15) is 9.18 Å². The Morgan fingerprint density at radius 3 is 2.65 bits per heavy atom. The molecule has 17 heavy (non-hydrogen) atoms. The highest BCUT2D eigenvalue weighted by Crippen LogP contribution is 2.28. The van der Waals surface area contributed by atoms with Crippen LogP contribution in [0.3, 0.4) is 0 Å². The number of rotatable bonds is 5. The summed E-state index contributed by atoms with van der Waals surface area (Å²) in [6.45, 7) is 7.54. The number of thioether (sulfide) groups is 1. The summed E-state index contributed by atoms with van der Waals surface area (Å²) in [5, 5.41) is 0. The maximum atomic E-state index is 13.4. The fourth-order valence-electron chi connectivity index (χ4n) is 1.40. The van der Waals surface area contributed by atoms with Gasteiger partial charge in [0.15, 0.2) is 5.78 Å². The summed E-state index contributed by atoms with van der Waals surface area (Å²) in [5.74, 6) is 1.19. The Kier molecular flexibility index (Phi) is 5.19. The van der Waals surface area contributed by atoms with Gasteiger partial charge in [0, 0.05) is 16.2 Å². The average Bonchev–Trinajstić information content (AvgIpc) is 2.29. The molecule has 0 spiro atoms. The van der Waals surface area contributed by atoms with Crippen LogP contribution in [0.5, 0.6) is 0 Å². The lowest BCUT2D eigenvalue weighted by molar-refractivity contribution is 0.101. The van der Waals surface area contributed by atoms with Crippen molar-refractivity contribution in [2.45, 2.75) is 39.0 Å². The molecule has 0 aliphatic heterocycles. The van der Waals surface area contributed by atoms with Crippen molar-refractivity contribution in [3.8, 4) is 0 Å². The van der Waals surface area contributed by atoms with Crippen LogP contribution in [0.15, 0.2) is 17.0 Å². The first-order chi connectivity index (χ1) is 7.95. The van der Waals surface area contributed by atoms with Crippen LogP contribution in [0.2, 0.25) is 0 Å². The van der Waals surface area contributed by atoms with Crippen molar-refractivity contribution in [3.63, 3.8) is 0 Å². The van der Waals surface area contributed by atoms with Gasteiger partial charge in [-0.15, -0.1) is 11.8 Å². The van der Waals surface area contributed by atoms with Gasteiger partial charge in [-0.2, -0.15) is 0 Å². The van der Waals surface area contributed by atoms with Gasteiger partial charge in [0.1, 0.15) is 5.82 Å². The Labute approximate surface area is 107 Å². The largest absolute Gasteiger partial charge is 0.294 e. The molecule has 0 bridgehead atoms. The third kappa shape index (κ3) is 3.84. The van der Waals surface area contributed by atoms with Crippen LogP contribution in [-0.2, 0) is 0 Å². The van der Waals surface area contributed by atoms with Gasteiger partial charge in [-0.05, 0) is 37.5 Å². The molecule has 0 fully saturated rings. The van der Waals surface area contributed by atoms with Gasteiger partial charge in [-0.25, -0.2) is 4.39 Å². The van der Waals surface area contributed by atoms with Crippen LogP contribution in [0.4, 0.5) is 4.39 Å². The number of hydrogen-bond acceptors (Lipinski definition) is 2. The van der Waals surface area contributed by atoms with Crippen molar-refractivity contribution in [1.82, 2.24) is 0 Å². The minimum absolute atomic E-state index is 0.0736. The average molecular weight is 254 g/mol. The molecule has 3 heteroatoms. The quantitative estimate of drug-likeness (QED) is 0.569. The minimum atomic E-state index is -0.303. The van der Waals surface area contributed by atoms with Crippen LogP contribution in [0, 0.1) is 18.7 Å². The monoisotopic (exact) mass is 254 g/mol. The third-order valence-corrected chi connectivity index (χ3v) is 4.24. The maximum absolute atomic E-state index is 13.4. The lowest BCUT2D eigenvalue weighted by Crippen LogP contribution is -2.01. The molecule has 0 radical (unpaired) electrons. The van der Waals surface area contributed by atoms with Crippen molar-refractivity contribution in [1.29, 1.82) is 0 Å². The molecule has 0 aromatic heterocycles. The van der Waals surface area contributed by atoms with Crippen molar-refractivity contribution in [3.05, 3.63) is 29.1 Å². The predicted octanol–water partition coefficient (Wildman–Crippen LogP) is 4.47.